The molecule has 0 aliphatic carbocycles. The van der Waals surface area contributed by atoms with Crippen LogP contribution in [0.1, 0.15) is 11.5 Å². The van der Waals surface area contributed by atoms with Gasteiger partial charge in [0.15, 0.2) is 5.82 Å². The number of halogens is 1. The quantitative estimate of drug-likeness (QED) is 0.565. The van der Waals surface area contributed by atoms with Gasteiger partial charge in [0, 0.05) is 21.9 Å². The number of hydrogen-bond acceptors (Lipinski definition) is 6. The van der Waals surface area contributed by atoms with Gasteiger partial charge < -0.3 is 10.4 Å². The van der Waals surface area contributed by atoms with Gasteiger partial charge in [-0.15, -0.1) is 10.2 Å². The summed E-state index contributed by atoms with van der Waals surface area (Å²) in [6, 6.07) is 9.65. The molecule has 3 rings (SSSR count). The van der Waals surface area contributed by atoms with E-state index in [0.717, 1.165) is 21.5 Å². The van der Waals surface area contributed by atoms with Crippen LogP contribution >= 0.6 is 27.7 Å². The zero-order valence-corrected chi connectivity index (χ0v) is 13.6. The van der Waals surface area contributed by atoms with E-state index >= 15 is 0 Å². The average Bonchev–Trinajstić information content (AvgIpc) is 3.03. The van der Waals surface area contributed by atoms with Gasteiger partial charge in [-0.2, -0.15) is 0 Å². The van der Waals surface area contributed by atoms with Crippen LogP contribution in [0.3, 0.4) is 0 Å². The van der Waals surface area contributed by atoms with Crippen LogP contribution in [-0.4, -0.2) is 20.0 Å². The predicted molar refractivity (Wildman–Crippen MR) is 84.1 cm³/mol. The summed E-state index contributed by atoms with van der Waals surface area (Å²) in [7, 11) is 0. The molecule has 108 valence electrons. The van der Waals surface area contributed by atoms with E-state index in [1.165, 1.54) is 16.4 Å². The molecule has 2 heterocycles. The molecule has 0 unspecified atom stereocenters. The normalized spacial score (nSPS) is 11.0. The maximum absolute atomic E-state index is 6.07. The standard InChI is InChI=1S/C13H12BrN5OS/c1-8-5-11(18-20-8)7-21-13-17-16-12(19(13)15)9-3-2-4-10(14)6-9/h2-6H,7,15H2,1H3. The molecule has 8 heteroatoms. The lowest BCUT2D eigenvalue weighted by molar-refractivity contribution is 0.393. The van der Waals surface area contributed by atoms with Gasteiger partial charge >= 0.3 is 0 Å². The Morgan fingerprint density at radius 2 is 2.19 bits per heavy atom. The molecule has 0 saturated heterocycles. The Hall–Kier alpha value is -1.80. The number of benzene rings is 1. The summed E-state index contributed by atoms with van der Waals surface area (Å²) in [5.74, 6) is 8.10. The van der Waals surface area contributed by atoms with E-state index in [2.05, 4.69) is 31.3 Å². The Bertz CT molecular complexity index is 770. The summed E-state index contributed by atoms with van der Waals surface area (Å²) in [5, 5.41) is 12.8. The van der Waals surface area contributed by atoms with Gasteiger partial charge in [-0.3, -0.25) is 0 Å². The smallest absolute Gasteiger partial charge is 0.210 e. The molecule has 3 aromatic rings. The summed E-state index contributed by atoms with van der Waals surface area (Å²) in [6.07, 6.45) is 0. The van der Waals surface area contributed by atoms with Gasteiger partial charge in [0.25, 0.3) is 0 Å². The van der Waals surface area contributed by atoms with E-state index < -0.39 is 0 Å². The molecule has 2 N–H and O–H groups in total. The van der Waals surface area contributed by atoms with E-state index in [9.17, 15) is 0 Å². The van der Waals surface area contributed by atoms with Crippen LogP contribution in [0.2, 0.25) is 0 Å². The Balaban J connectivity index is 1.79. The van der Waals surface area contributed by atoms with Crippen molar-refractivity contribution in [3.05, 3.63) is 46.3 Å². The van der Waals surface area contributed by atoms with Crippen LogP contribution in [0.4, 0.5) is 0 Å². The fourth-order valence-corrected chi connectivity index (χ4v) is 2.96. The fourth-order valence-electron chi connectivity index (χ4n) is 1.82. The minimum Gasteiger partial charge on any atom is -0.361 e. The van der Waals surface area contributed by atoms with Crippen molar-refractivity contribution in [3.8, 4) is 11.4 Å². The second-order valence-electron chi connectivity index (χ2n) is 4.40. The van der Waals surface area contributed by atoms with Crippen molar-refractivity contribution in [3.63, 3.8) is 0 Å². The molecule has 0 spiro atoms. The van der Waals surface area contributed by atoms with Gasteiger partial charge in [-0.25, -0.2) is 4.68 Å². The van der Waals surface area contributed by atoms with Crippen LogP contribution in [0.5, 0.6) is 0 Å². The third kappa shape index (κ3) is 3.11. The van der Waals surface area contributed by atoms with Crippen molar-refractivity contribution < 1.29 is 4.52 Å². The highest BCUT2D eigenvalue weighted by Crippen LogP contribution is 2.25. The van der Waals surface area contributed by atoms with E-state index in [4.69, 9.17) is 10.4 Å². The van der Waals surface area contributed by atoms with E-state index in [0.29, 0.717) is 16.7 Å². The molecule has 0 fully saturated rings. The second-order valence-corrected chi connectivity index (χ2v) is 6.26. The topological polar surface area (TPSA) is 82.8 Å². The SMILES string of the molecule is Cc1cc(CSc2nnc(-c3cccc(Br)c3)n2N)no1. The summed E-state index contributed by atoms with van der Waals surface area (Å²) in [5.41, 5.74) is 1.76. The molecule has 0 amide bonds. The molecule has 0 saturated carbocycles. The van der Waals surface area contributed by atoms with Gasteiger partial charge in [-0.1, -0.05) is 45.0 Å². The van der Waals surface area contributed by atoms with Gasteiger partial charge in [-0.05, 0) is 19.1 Å². The Labute approximate surface area is 133 Å². The molecular weight excluding hydrogens is 354 g/mol. The molecule has 0 aliphatic heterocycles. The molecule has 0 bridgehead atoms. The van der Waals surface area contributed by atoms with Crippen molar-refractivity contribution in [1.29, 1.82) is 0 Å². The number of nitrogen functional groups attached to an aromatic ring is 1. The first-order chi connectivity index (χ1) is 10.1. The van der Waals surface area contributed by atoms with E-state index in [1.54, 1.807) is 0 Å². The zero-order valence-electron chi connectivity index (χ0n) is 11.2. The van der Waals surface area contributed by atoms with Gasteiger partial charge in [0.05, 0.1) is 5.69 Å². The van der Waals surface area contributed by atoms with Crippen molar-refractivity contribution in [2.45, 2.75) is 17.8 Å². The summed E-state index contributed by atoms with van der Waals surface area (Å²) < 4.78 is 7.48. The third-order valence-electron chi connectivity index (χ3n) is 2.77. The molecule has 6 nitrogen and oxygen atoms in total. The number of nitrogens with two attached hydrogens (primary N) is 1. The minimum absolute atomic E-state index is 0.620. The lowest BCUT2D eigenvalue weighted by Crippen LogP contribution is -2.11. The lowest BCUT2D eigenvalue weighted by Gasteiger charge is -2.03. The second kappa shape index (κ2) is 5.90. The largest absolute Gasteiger partial charge is 0.361 e. The highest BCUT2D eigenvalue weighted by Gasteiger charge is 2.13. The first-order valence-electron chi connectivity index (χ1n) is 6.15. The maximum Gasteiger partial charge on any atom is 0.210 e. The number of nitrogens with zero attached hydrogens (tertiary/aromatic N) is 4. The Kier molecular flexibility index (Phi) is 3.98. The molecule has 2 aromatic heterocycles. The first kappa shape index (κ1) is 14.2. The molecule has 0 aliphatic rings. The van der Waals surface area contributed by atoms with E-state index in [-0.39, 0.29) is 0 Å². The number of aryl methyl sites for hydroxylation is 1. The Morgan fingerprint density at radius 1 is 1.33 bits per heavy atom. The van der Waals surface area contributed by atoms with Crippen LogP contribution in [0, 0.1) is 6.92 Å². The summed E-state index contributed by atoms with van der Waals surface area (Å²) >= 11 is 4.90. The summed E-state index contributed by atoms with van der Waals surface area (Å²) in [6.45, 7) is 1.86. The fraction of sp³-hybridized carbons (Fsp3) is 0.154. The maximum atomic E-state index is 6.07. The number of hydrogen-bond donors (Lipinski definition) is 1. The minimum atomic E-state index is 0.620. The first-order valence-corrected chi connectivity index (χ1v) is 7.93. The summed E-state index contributed by atoms with van der Waals surface area (Å²) in [4.78, 5) is 0. The number of rotatable bonds is 4. The van der Waals surface area contributed by atoms with Crippen molar-refractivity contribution in [2.75, 3.05) is 5.84 Å². The third-order valence-corrected chi connectivity index (χ3v) is 4.24. The number of aromatic nitrogens is 4. The van der Waals surface area contributed by atoms with Crippen LogP contribution in [0.25, 0.3) is 11.4 Å². The van der Waals surface area contributed by atoms with Crippen LogP contribution in [0.15, 0.2) is 44.5 Å². The molecular formula is C13H12BrN5OS. The number of thioether (sulfide) groups is 1. The molecule has 21 heavy (non-hydrogen) atoms. The predicted octanol–water partition coefficient (Wildman–Crippen LogP) is 3.01. The average molecular weight is 366 g/mol. The highest BCUT2D eigenvalue weighted by molar-refractivity contribution is 9.10. The van der Waals surface area contributed by atoms with E-state index in [1.807, 2.05) is 37.3 Å². The Morgan fingerprint density at radius 3 is 2.90 bits per heavy atom. The lowest BCUT2D eigenvalue weighted by atomic mass is 10.2. The van der Waals surface area contributed by atoms with Crippen molar-refractivity contribution >= 4 is 27.7 Å². The highest BCUT2D eigenvalue weighted by atomic mass is 79.9. The molecule has 1 aromatic carbocycles. The van der Waals surface area contributed by atoms with Crippen LogP contribution < -0.4 is 5.84 Å². The van der Waals surface area contributed by atoms with Gasteiger partial charge in [0.2, 0.25) is 5.16 Å². The van der Waals surface area contributed by atoms with Crippen molar-refractivity contribution in [1.82, 2.24) is 20.0 Å². The van der Waals surface area contributed by atoms with Crippen LogP contribution in [-0.2, 0) is 5.75 Å². The van der Waals surface area contributed by atoms with Crippen molar-refractivity contribution in [2.24, 2.45) is 0 Å². The molecule has 0 atom stereocenters. The van der Waals surface area contributed by atoms with Gasteiger partial charge in [0.1, 0.15) is 5.76 Å². The molecule has 0 radical (unpaired) electrons. The zero-order chi connectivity index (χ0) is 14.8. The monoisotopic (exact) mass is 365 g/mol.